The van der Waals surface area contributed by atoms with E-state index in [1.165, 1.54) is 6.07 Å². The molecule has 1 aromatic heterocycles. The number of hydrogen-bond donors (Lipinski definition) is 1. The summed E-state index contributed by atoms with van der Waals surface area (Å²) < 4.78 is 19.1. The lowest BCUT2D eigenvalue weighted by Crippen LogP contribution is -2.03. The van der Waals surface area contributed by atoms with Gasteiger partial charge in [0.25, 0.3) is 0 Å². The third-order valence-electron chi connectivity index (χ3n) is 3.58. The minimum atomic E-state index is -0.206. The first-order valence-corrected chi connectivity index (χ1v) is 7.10. The Morgan fingerprint density at radius 1 is 1.14 bits per heavy atom. The van der Waals surface area contributed by atoms with E-state index >= 15 is 0 Å². The highest BCUT2D eigenvalue weighted by Crippen LogP contribution is 2.30. The second-order valence-corrected chi connectivity index (χ2v) is 5.11. The topological polar surface area (TPSA) is 34.1 Å². The summed E-state index contributed by atoms with van der Waals surface area (Å²) in [5.74, 6) is 0.526. The molecule has 0 saturated carbocycles. The van der Waals surface area contributed by atoms with Crippen LogP contribution in [0, 0.1) is 12.7 Å². The van der Waals surface area contributed by atoms with Crippen LogP contribution < -0.4 is 10.1 Å². The Bertz CT molecular complexity index is 817. The fourth-order valence-corrected chi connectivity index (χ4v) is 2.49. The van der Waals surface area contributed by atoms with E-state index in [9.17, 15) is 4.39 Å². The highest BCUT2D eigenvalue weighted by molar-refractivity contribution is 5.95. The van der Waals surface area contributed by atoms with E-state index in [4.69, 9.17) is 4.74 Å². The molecule has 0 aliphatic carbocycles. The molecule has 0 atom stereocenters. The molecule has 112 valence electrons. The highest BCUT2D eigenvalue weighted by atomic mass is 19.1. The van der Waals surface area contributed by atoms with E-state index in [1.54, 1.807) is 19.2 Å². The van der Waals surface area contributed by atoms with Crippen LogP contribution in [-0.4, -0.2) is 12.1 Å². The number of rotatable bonds is 4. The lowest BCUT2D eigenvalue weighted by atomic mass is 10.1. The van der Waals surface area contributed by atoms with E-state index in [0.29, 0.717) is 12.1 Å². The highest BCUT2D eigenvalue weighted by Gasteiger charge is 2.09. The number of nitrogens with zero attached hydrogens (tertiary/aromatic N) is 1. The summed E-state index contributed by atoms with van der Waals surface area (Å²) in [5, 5.41) is 4.26. The number of aryl methyl sites for hydroxylation is 1. The number of methoxy groups -OCH3 is 1. The number of aromatic nitrogens is 1. The smallest absolute Gasteiger partial charge is 0.145 e. The summed E-state index contributed by atoms with van der Waals surface area (Å²) >= 11 is 0. The summed E-state index contributed by atoms with van der Waals surface area (Å²) in [7, 11) is 1.63. The van der Waals surface area contributed by atoms with Crippen molar-refractivity contribution < 1.29 is 9.13 Å². The van der Waals surface area contributed by atoms with Crippen molar-refractivity contribution in [3.63, 3.8) is 0 Å². The van der Waals surface area contributed by atoms with E-state index in [0.717, 1.165) is 28.0 Å². The van der Waals surface area contributed by atoms with Crippen molar-refractivity contribution in [2.45, 2.75) is 13.5 Å². The number of para-hydroxylation sites is 1. The van der Waals surface area contributed by atoms with Gasteiger partial charge in [0.1, 0.15) is 17.1 Å². The number of nitrogens with one attached hydrogen (secondary N) is 1. The van der Waals surface area contributed by atoms with Gasteiger partial charge in [-0.1, -0.05) is 30.3 Å². The van der Waals surface area contributed by atoms with Crippen LogP contribution in [0.5, 0.6) is 5.75 Å². The molecular weight excluding hydrogens is 279 g/mol. The van der Waals surface area contributed by atoms with Crippen molar-refractivity contribution in [3.05, 3.63) is 65.6 Å². The zero-order valence-electron chi connectivity index (χ0n) is 12.6. The maximum Gasteiger partial charge on any atom is 0.145 e. The SMILES string of the molecule is COc1cccc2c(NCc3ccccc3F)cc(C)nc12. The van der Waals surface area contributed by atoms with Gasteiger partial charge in [-0.2, -0.15) is 0 Å². The van der Waals surface area contributed by atoms with Crippen molar-refractivity contribution in [2.24, 2.45) is 0 Å². The summed E-state index contributed by atoms with van der Waals surface area (Å²) in [6.07, 6.45) is 0. The van der Waals surface area contributed by atoms with Crippen LogP contribution in [0.3, 0.4) is 0 Å². The zero-order chi connectivity index (χ0) is 15.5. The molecule has 0 amide bonds. The van der Waals surface area contributed by atoms with Gasteiger partial charge in [-0.3, -0.25) is 0 Å². The first-order valence-electron chi connectivity index (χ1n) is 7.10. The Morgan fingerprint density at radius 2 is 1.95 bits per heavy atom. The Hall–Kier alpha value is -2.62. The fourth-order valence-electron chi connectivity index (χ4n) is 2.49. The molecule has 4 heteroatoms. The third-order valence-corrected chi connectivity index (χ3v) is 3.58. The average Bonchev–Trinajstić information content (AvgIpc) is 2.53. The zero-order valence-corrected chi connectivity index (χ0v) is 12.6. The molecule has 0 aliphatic rings. The van der Waals surface area contributed by atoms with E-state index < -0.39 is 0 Å². The predicted octanol–water partition coefficient (Wildman–Crippen LogP) is 4.30. The van der Waals surface area contributed by atoms with Crippen molar-refractivity contribution in [1.29, 1.82) is 0 Å². The minimum absolute atomic E-state index is 0.206. The van der Waals surface area contributed by atoms with Gasteiger partial charge in [0.05, 0.1) is 7.11 Å². The summed E-state index contributed by atoms with van der Waals surface area (Å²) in [6, 6.07) is 14.5. The van der Waals surface area contributed by atoms with Crippen LogP contribution >= 0.6 is 0 Å². The first-order chi connectivity index (χ1) is 10.7. The normalized spacial score (nSPS) is 10.7. The third kappa shape index (κ3) is 2.72. The molecule has 3 nitrogen and oxygen atoms in total. The maximum atomic E-state index is 13.7. The van der Waals surface area contributed by atoms with Crippen molar-refractivity contribution in [1.82, 2.24) is 4.98 Å². The van der Waals surface area contributed by atoms with Crippen LogP contribution in [0.4, 0.5) is 10.1 Å². The molecule has 3 aromatic rings. The second-order valence-electron chi connectivity index (χ2n) is 5.11. The second kappa shape index (κ2) is 6.02. The van der Waals surface area contributed by atoms with Crippen LogP contribution in [0.15, 0.2) is 48.5 Å². The summed E-state index contributed by atoms with van der Waals surface area (Å²) in [4.78, 5) is 4.54. The van der Waals surface area contributed by atoms with Gasteiger partial charge in [0.2, 0.25) is 0 Å². The number of ether oxygens (including phenoxy) is 1. The molecule has 0 saturated heterocycles. The van der Waals surface area contributed by atoms with E-state index in [-0.39, 0.29) is 5.82 Å². The van der Waals surface area contributed by atoms with Gasteiger partial charge in [0, 0.05) is 28.9 Å². The van der Waals surface area contributed by atoms with E-state index in [2.05, 4.69) is 10.3 Å². The number of hydrogen-bond acceptors (Lipinski definition) is 3. The molecular formula is C18H17FN2O. The average molecular weight is 296 g/mol. The van der Waals surface area contributed by atoms with Crippen molar-refractivity contribution >= 4 is 16.6 Å². The molecule has 1 heterocycles. The number of pyridine rings is 1. The Kier molecular flexibility index (Phi) is 3.92. The molecule has 0 spiro atoms. The summed E-state index contributed by atoms with van der Waals surface area (Å²) in [5.41, 5.74) is 3.24. The maximum absolute atomic E-state index is 13.7. The Balaban J connectivity index is 1.98. The molecule has 0 fully saturated rings. The van der Waals surface area contributed by atoms with Gasteiger partial charge in [-0.15, -0.1) is 0 Å². The van der Waals surface area contributed by atoms with Crippen LogP contribution in [0.25, 0.3) is 10.9 Å². The fraction of sp³-hybridized carbons (Fsp3) is 0.167. The summed E-state index contributed by atoms with van der Waals surface area (Å²) in [6.45, 7) is 2.35. The van der Waals surface area contributed by atoms with Gasteiger partial charge < -0.3 is 10.1 Å². The quantitative estimate of drug-likeness (QED) is 0.779. The Labute approximate surface area is 128 Å². The van der Waals surface area contributed by atoms with Crippen molar-refractivity contribution in [3.8, 4) is 5.75 Å². The van der Waals surface area contributed by atoms with Gasteiger partial charge in [0.15, 0.2) is 0 Å². The molecule has 3 rings (SSSR count). The minimum Gasteiger partial charge on any atom is -0.494 e. The monoisotopic (exact) mass is 296 g/mol. The Morgan fingerprint density at radius 3 is 2.73 bits per heavy atom. The number of anilines is 1. The molecule has 22 heavy (non-hydrogen) atoms. The number of benzene rings is 2. The molecule has 0 aliphatic heterocycles. The predicted molar refractivity (Wildman–Crippen MR) is 86.8 cm³/mol. The van der Waals surface area contributed by atoms with Crippen LogP contribution in [0.1, 0.15) is 11.3 Å². The van der Waals surface area contributed by atoms with Gasteiger partial charge in [-0.05, 0) is 25.1 Å². The first kappa shape index (κ1) is 14.3. The lowest BCUT2D eigenvalue weighted by Gasteiger charge is -2.13. The standard InChI is InChI=1S/C18H17FN2O/c1-12-10-16(20-11-13-6-3-4-8-15(13)19)14-7-5-9-17(22-2)18(14)21-12/h3-10H,11H2,1-2H3,(H,20,21). The van der Waals surface area contributed by atoms with Gasteiger partial charge >= 0.3 is 0 Å². The van der Waals surface area contributed by atoms with Gasteiger partial charge in [-0.25, -0.2) is 9.37 Å². The van der Waals surface area contributed by atoms with Crippen LogP contribution in [-0.2, 0) is 6.54 Å². The lowest BCUT2D eigenvalue weighted by molar-refractivity contribution is 0.419. The van der Waals surface area contributed by atoms with E-state index in [1.807, 2.05) is 37.3 Å². The molecule has 0 bridgehead atoms. The molecule has 0 radical (unpaired) electrons. The molecule has 1 N–H and O–H groups in total. The van der Waals surface area contributed by atoms with Crippen molar-refractivity contribution in [2.75, 3.05) is 12.4 Å². The number of halogens is 1. The number of fused-ring (bicyclic) bond motifs is 1. The molecule has 2 aromatic carbocycles. The van der Waals surface area contributed by atoms with Crippen LogP contribution in [0.2, 0.25) is 0 Å². The molecule has 0 unspecified atom stereocenters. The largest absolute Gasteiger partial charge is 0.494 e.